The van der Waals surface area contributed by atoms with Gasteiger partial charge >= 0.3 is 18.0 Å². The molecule has 0 aromatic rings. The summed E-state index contributed by atoms with van der Waals surface area (Å²) in [6.07, 6.45) is 2.84. The van der Waals surface area contributed by atoms with Crippen LogP contribution in [0.4, 0.5) is 4.79 Å². The van der Waals surface area contributed by atoms with Crippen LogP contribution in [0.5, 0.6) is 0 Å². The lowest BCUT2D eigenvalue weighted by molar-refractivity contribution is -0.157. The van der Waals surface area contributed by atoms with Crippen LogP contribution in [0.2, 0.25) is 0 Å². The second-order valence-corrected chi connectivity index (χ2v) is 7.46. The lowest BCUT2D eigenvalue weighted by Crippen LogP contribution is -2.45. The van der Waals surface area contributed by atoms with Crippen LogP contribution in [-0.2, 0) is 23.8 Å². The van der Waals surface area contributed by atoms with Gasteiger partial charge in [0.15, 0.2) is 0 Å². The number of carbonyl (C=O) groups excluding carboxylic acids is 3. The summed E-state index contributed by atoms with van der Waals surface area (Å²) < 4.78 is 15.3. The summed E-state index contributed by atoms with van der Waals surface area (Å²) in [5.74, 6) is -1.00. The summed E-state index contributed by atoms with van der Waals surface area (Å²) in [6, 6.07) is -0.874. The van der Waals surface area contributed by atoms with Gasteiger partial charge < -0.3 is 19.5 Å². The topological polar surface area (TPSA) is 90.9 Å². The van der Waals surface area contributed by atoms with Crippen LogP contribution in [0.15, 0.2) is 12.2 Å². The van der Waals surface area contributed by atoms with E-state index in [2.05, 4.69) is 5.32 Å². The number of esters is 2. The largest absolute Gasteiger partial charge is 0.463 e. The molecule has 0 aromatic carbocycles. The van der Waals surface area contributed by atoms with Gasteiger partial charge in [-0.15, -0.1) is 0 Å². The summed E-state index contributed by atoms with van der Waals surface area (Å²) in [6.45, 7) is 12.5. The van der Waals surface area contributed by atoms with E-state index in [9.17, 15) is 14.4 Å². The van der Waals surface area contributed by atoms with Crippen LogP contribution in [0.25, 0.3) is 0 Å². The Bertz CT molecular complexity index is 485. The molecule has 7 nitrogen and oxygen atoms in total. The minimum atomic E-state index is -0.874. The zero-order valence-electron chi connectivity index (χ0n) is 16.3. The first-order chi connectivity index (χ1) is 11.3. The van der Waals surface area contributed by atoms with Gasteiger partial charge in [0, 0.05) is 6.08 Å². The molecule has 25 heavy (non-hydrogen) atoms. The number of carbonyl (C=O) groups is 3. The lowest BCUT2D eigenvalue weighted by atomic mass is 10.1. The molecule has 0 bridgehead atoms. The van der Waals surface area contributed by atoms with Gasteiger partial charge in [0.2, 0.25) is 0 Å². The van der Waals surface area contributed by atoms with Crippen molar-refractivity contribution < 1.29 is 28.6 Å². The lowest BCUT2D eigenvalue weighted by Gasteiger charge is -2.26. The van der Waals surface area contributed by atoms with Crippen molar-refractivity contribution in [1.29, 1.82) is 0 Å². The first-order valence-electron chi connectivity index (χ1n) is 8.39. The van der Waals surface area contributed by atoms with Crippen molar-refractivity contribution in [3.63, 3.8) is 0 Å². The van der Waals surface area contributed by atoms with Crippen LogP contribution in [0.1, 0.15) is 61.3 Å². The van der Waals surface area contributed by atoms with Gasteiger partial charge in [-0.3, -0.25) is 0 Å². The molecule has 0 saturated carbocycles. The van der Waals surface area contributed by atoms with Gasteiger partial charge in [0.1, 0.15) is 17.2 Å². The highest BCUT2D eigenvalue weighted by Crippen LogP contribution is 2.12. The minimum absolute atomic E-state index is 0.268. The molecule has 1 amide bonds. The fourth-order valence-corrected chi connectivity index (χ4v) is 1.70. The molecule has 0 spiro atoms. The monoisotopic (exact) mass is 357 g/mol. The van der Waals surface area contributed by atoms with E-state index in [0.717, 1.165) is 0 Å². The van der Waals surface area contributed by atoms with Gasteiger partial charge in [0.05, 0.1) is 6.61 Å². The third-order valence-electron chi connectivity index (χ3n) is 2.54. The van der Waals surface area contributed by atoms with E-state index in [1.54, 1.807) is 54.5 Å². The van der Waals surface area contributed by atoms with Crippen LogP contribution < -0.4 is 5.32 Å². The van der Waals surface area contributed by atoms with Crippen molar-refractivity contribution in [1.82, 2.24) is 5.32 Å². The van der Waals surface area contributed by atoms with Crippen molar-refractivity contribution >= 4 is 18.0 Å². The Labute approximate surface area is 150 Å². The molecule has 7 heteroatoms. The summed E-state index contributed by atoms with van der Waals surface area (Å²) in [5.41, 5.74) is -1.35. The normalized spacial score (nSPS) is 13.2. The molecule has 0 saturated heterocycles. The zero-order chi connectivity index (χ0) is 19.7. The van der Waals surface area contributed by atoms with Crippen molar-refractivity contribution in [2.75, 3.05) is 6.61 Å². The molecule has 0 aliphatic rings. The van der Waals surface area contributed by atoms with Gasteiger partial charge in [-0.1, -0.05) is 6.08 Å². The Hall–Kier alpha value is -2.05. The minimum Gasteiger partial charge on any atom is -0.463 e. The fraction of sp³-hybridized carbons (Fsp3) is 0.722. The standard InChI is InChI=1S/C18H31NO6/c1-8-23-14(20)12-10-9-11-13(15(21)24-17(2,3)4)19-16(22)25-18(5,6)7/h10,12-13H,8-9,11H2,1-7H3,(H,19,22)/b12-10+/t13-/m0/s1. The molecule has 0 radical (unpaired) electrons. The van der Waals surface area contributed by atoms with Gasteiger partial charge in [-0.05, 0) is 61.3 Å². The van der Waals surface area contributed by atoms with Crippen LogP contribution in [0, 0.1) is 0 Å². The van der Waals surface area contributed by atoms with E-state index in [4.69, 9.17) is 14.2 Å². The Morgan fingerprint density at radius 2 is 1.56 bits per heavy atom. The Balaban J connectivity index is 4.81. The third-order valence-corrected chi connectivity index (χ3v) is 2.54. The van der Waals surface area contributed by atoms with Crippen molar-refractivity contribution in [3.8, 4) is 0 Å². The maximum absolute atomic E-state index is 12.3. The molecular formula is C18H31NO6. The molecule has 0 rings (SSSR count). The average Bonchev–Trinajstić information content (AvgIpc) is 2.38. The average molecular weight is 357 g/mol. The van der Waals surface area contributed by atoms with E-state index >= 15 is 0 Å². The van der Waals surface area contributed by atoms with E-state index < -0.39 is 35.3 Å². The fourth-order valence-electron chi connectivity index (χ4n) is 1.70. The number of hydrogen-bond donors (Lipinski definition) is 1. The SMILES string of the molecule is CCOC(=O)/C=C/CC[C@H](NC(=O)OC(C)(C)C)C(=O)OC(C)(C)C. The summed E-state index contributed by atoms with van der Waals surface area (Å²) in [7, 11) is 0. The maximum Gasteiger partial charge on any atom is 0.408 e. The number of nitrogens with one attached hydrogen (secondary N) is 1. The predicted molar refractivity (Wildman–Crippen MR) is 94.0 cm³/mol. The summed E-state index contributed by atoms with van der Waals surface area (Å²) in [4.78, 5) is 35.5. The third kappa shape index (κ3) is 13.0. The zero-order valence-corrected chi connectivity index (χ0v) is 16.3. The number of alkyl carbamates (subject to hydrolysis) is 1. The van der Waals surface area contributed by atoms with Crippen LogP contribution in [-0.4, -0.2) is 41.9 Å². The number of hydrogen-bond acceptors (Lipinski definition) is 6. The molecule has 0 aliphatic carbocycles. The second kappa shape index (κ2) is 10.1. The highest BCUT2D eigenvalue weighted by atomic mass is 16.6. The van der Waals surface area contributed by atoms with E-state index in [1.807, 2.05) is 0 Å². The van der Waals surface area contributed by atoms with Crippen LogP contribution in [0.3, 0.4) is 0 Å². The summed E-state index contributed by atoms with van der Waals surface area (Å²) >= 11 is 0. The van der Waals surface area contributed by atoms with Crippen molar-refractivity contribution in [3.05, 3.63) is 12.2 Å². The molecule has 1 N–H and O–H groups in total. The first-order valence-corrected chi connectivity index (χ1v) is 8.39. The molecule has 0 fully saturated rings. The summed E-state index contributed by atoms with van der Waals surface area (Å²) in [5, 5.41) is 2.52. The van der Waals surface area contributed by atoms with E-state index in [-0.39, 0.29) is 6.42 Å². The van der Waals surface area contributed by atoms with Crippen molar-refractivity contribution in [2.24, 2.45) is 0 Å². The number of rotatable bonds is 7. The van der Waals surface area contributed by atoms with Gasteiger partial charge in [0.25, 0.3) is 0 Å². The Kier molecular flexibility index (Phi) is 9.23. The number of allylic oxidation sites excluding steroid dienone is 1. The van der Waals surface area contributed by atoms with Crippen molar-refractivity contribution in [2.45, 2.75) is 78.6 Å². The quantitative estimate of drug-likeness (QED) is 0.428. The predicted octanol–water partition coefficient (Wildman–Crippen LogP) is 3.12. The Morgan fingerprint density at radius 3 is 2.04 bits per heavy atom. The van der Waals surface area contributed by atoms with Gasteiger partial charge in [-0.2, -0.15) is 0 Å². The maximum atomic E-state index is 12.3. The number of amides is 1. The van der Waals surface area contributed by atoms with E-state index in [0.29, 0.717) is 13.0 Å². The van der Waals surface area contributed by atoms with E-state index in [1.165, 1.54) is 6.08 Å². The molecule has 0 aromatic heterocycles. The molecular weight excluding hydrogens is 326 g/mol. The van der Waals surface area contributed by atoms with Crippen LogP contribution >= 0.6 is 0 Å². The molecule has 0 aliphatic heterocycles. The molecule has 0 heterocycles. The number of ether oxygens (including phenoxy) is 3. The smallest absolute Gasteiger partial charge is 0.408 e. The molecule has 0 unspecified atom stereocenters. The van der Waals surface area contributed by atoms with Gasteiger partial charge in [-0.25, -0.2) is 14.4 Å². The Morgan fingerprint density at radius 1 is 1.00 bits per heavy atom. The highest BCUT2D eigenvalue weighted by Gasteiger charge is 2.28. The highest BCUT2D eigenvalue weighted by molar-refractivity contribution is 5.82. The molecule has 144 valence electrons. The molecule has 1 atom stereocenters. The second-order valence-electron chi connectivity index (χ2n) is 7.46. The first kappa shape index (κ1) is 22.9.